The number of likely N-dealkylation sites (N-methyl/N-ethyl adjacent to an activating group) is 1. The molecule has 4 fully saturated rings. The van der Waals surface area contributed by atoms with E-state index >= 15 is 0 Å². The Labute approximate surface area is 200 Å². The van der Waals surface area contributed by atoms with Gasteiger partial charge in [-0.05, 0) is 88.3 Å². The van der Waals surface area contributed by atoms with Gasteiger partial charge < -0.3 is 10.1 Å². The van der Waals surface area contributed by atoms with Crippen molar-refractivity contribution in [1.29, 1.82) is 0 Å². The Bertz CT molecular complexity index is 1050. The van der Waals surface area contributed by atoms with Crippen LogP contribution in [0.15, 0.2) is 23.6 Å². The lowest BCUT2D eigenvalue weighted by atomic mass is 9.52. The normalized spacial score (nSPS) is 27.7. The predicted octanol–water partition coefficient (Wildman–Crippen LogP) is 5.66. The highest BCUT2D eigenvalue weighted by Crippen LogP contribution is 2.57. The molecule has 0 spiro atoms. The smallest absolute Gasteiger partial charge is 0.341 e. The lowest BCUT2D eigenvalue weighted by molar-refractivity contribution is -0.123. The fourth-order valence-electron chi connectivity index (χ4n) is 7.06. The summed E-state index contributed by atoms with van der Waals surface area (Å²) in [6.45, 7) is 4.42. The fourth-order valence-corrected chi connectivity index (χ4v) is 8.02. The molecule has 4 saturated carbocycles. The molecule has 0 atom stereocenters. The largest absolute Gasteiger partial charge is 0.465 e. The Kier molecular flexibility index (Phi) is 5.86. The summed E-state index contributed by atoms with van der Waals surface area (Å²) in [5.41, 5.74) is 4.65. The molecular weight excluding hydrogens is 432 g/mol. The van der Waals surface area contributed by atoms with Gasteiger partial charge in [0.25, 0.3) is 0 Å². The molecular formula is C27H34N2O3S. The van der Waals surface area contributed by atoms with E-state index in [1.165, 1.54) is 57.0 Å². The maximum absolute atomic E-state index is 13.1. The highest BCUT2D eigenvalue weighted by Gasteiger charge is 2.52. The van der Waals surface area contributed by atoms with Crippen LogP contribution in [0.3, 0.4) is 0 Å². The minimum atomic E-state index is -0.420. The summed E-state index contributed by atoms with van der Waals surface area (Å²) in [5, 5.41) is 5.57. The van der Waals surface area contributed by atoms with Gasteiger partial charge in [0.05, 0.1) is 13.7 Å². The molecule has 4 aliphatic rings. The summed E-state index contributed by atoms with van der Waals surface area (Å²) < 4.78 is 5.10. The van der Waals surface area contributed by atoms with Gasteiger partial charge in [0.1, 0.15) is 10.6 Å². The number of aryl methyl sites for hydroxylation is 2. The van der Waals surface area contributed by atoms with E-state index in [2.05, 4.69) is 35.5 Å². The third-order valence-electron chi connectivity index (χ3n) is 8.31. The number of esters is 1. The molecule has 176 valence electrons. The van der Waals surface area contributed by atoms with Crippen molar-refractivity contribution in [2.45, 2.75) is 57.9 Å². The zero-order chi connectivity index (χ0) is 23.3. The van der Waals surface area contributed by atoms with E-state index in [-0.39, 0.29) is 11.4 Å². The topological polar surface area (TPSA) is 58.6 Å². The summed E-state index contributed by atoms with van der Waals surface area (Å²) in [5.74, 6) is 2.03. The standard InChI is InChI=1S/C27H34N2O3S/c1-16-5-6-17(2)21(7-16)22-15-33-25(24(22)26(31)32-4)28-23(30)14-29(3)27-11-18-8-19(12-27)10-20(9-18)13-27/h5-7,15,18-20H,8-14H2,1-4H3,(H,28,30). The SMILES string of the molecule is COC(=O)c1c(-c2cc(C)ccc2C)csc1NC(=O)CN(C)C12CC3CC(CC(C3)C1)C2. The first-order valence-corrected chi connectivity index (χ1v) is 12.9. The van der Waals surface area contributed by atoms with E-state index in [0.717, 1.165) is 40.0 Å². The molecule has 4 bridgehead atoms. The van der Waals surface area contributed by atoms with Gasteiger partial charge in [-0.2, -0.15) is 0 Å². The summed E-state index contributed by atoms with van der Waals surface area (Å²) >= 11 is 1.39. The van der Waals surface area contributed by atoms with Crippen molar-refractivity contribution in [3.63, 3.8) is 0 Å². The van der Waals surface area contributed by atoms with Crippen LogP contribution in [0.25, 0.3) is 11.1 Å². The highest BCUT2D eigenvalue weighted by molar-refractivity contribution is 7.15. The van der Waals surface area contributed by atoms with Crippen LogP contribution in [-0.2, 0) is 9.53 Å². The number of rotatable bonds is 6. The van der Waals surface area contributed by atoms with Gasteiger partial charge >= 0.3 is 5.97 Å². The minimum Gasteiger partial charge on any atom is -0.465 e. The third kappa shape index (κ3) is 4.12. The van der Waals surface area contributed by atoms with E-state index in [1.54, 1.807) is 0 Å². The second-order valence-electron chi connectivity index (χ2n) is 10.7. The van der Waals surface area contributed by atoms with E-state index in [1.807, 2.05) is 19.2 Å². The lowest BCUT2D eigenvalue weighted by Gasteiger charge is -2.59. The molecule has 1 N–H and O–H groups in total. The second-order valence-corrected chi connectivity index (χ2v) is 11.6. The molecule has 0 unspecified atom stereocenters. The van der Waals surface area contributed by atoms with Gasteiger partial charge in [-0.3, -0.25) is 9.69 Å². The first kappa shape index (κ1) is 22.6. The van der Waals surface area contributed by atoms with Crippen LogP contribution in [0.1, 0.15) is 60.0 Å². The molecule has 0 saturated heterocycles. The third-order valence-corrected chi connectivity index (χ3v) is 9.21. The van der Waals surface area contributed by atoms with Crippen LogP contribution in [0.4, 0.5) is 5.00 Å². The Hall–Kier alpha value is -2.18. The van der Waals surface area contributed by atoms with Crippen molar-refractivity contribution in [2.24, 2.45) is 17.8 Å². The number of amides is 1. The summed E-state index contributed by atoms with van der Waals surface area (Å²) in [6.07, 6.45) is 7.85. The van der Waals surface area contributed by atoms with Gasteiger partial charge in [-0.25, -0.2) is 4.79 Å². The maximum atomic E-state index is 13.1. The molecule has 0 aliphatic heterocycles. The van der Waals surface area contributed by atoms with Gasteiger partial charge in [0.2, 0.25) is 5.91 Å². The number of nitrogens with one attached hydrogen (secondary N) is 1. The second kappa shape index (κ2) is 8.55. The zero-order valence-electron chi connectivity index (χ0n) is 20.1. The molecule has 1 amide bonds. The van der Waals surface area contributed by atoms with Crippen LogP contribution >= 0.6 is 11.3 Å². The number of benzene rings is 1. The predicted molar refractivity (Wildman–Crippen MR) is 133 cm³/mol. The molecule has 1 heterocycles. The van der Waals surface area contributed by atoms with Crippen molar-refractivity contribution in [1.82, 2.24) is 4.90 Å². The lowest BCUT2D eigenvalue weighted by Crippen LogP contribution is -2.59. The Morgan fingerprint density at radius 1 is 1.09 bits per heavy atom. The summed E-state index contributed by atoms with van der Waals surface area (Å²) in [6, 6.07) is 6.20. The number of carbonyl (C=O) groups is 2. The monoisotopic (exact) mass is 466 g/mol. The number of methoxy groups -OCH3 is 1. The molecule has 2 aromatic rings. The van der Waals surface area contributed by atoms with Gasteiger partial charge in [0.15, 0.2) is 0 Å². The maximum Gasteiger partial charge on any atom is 0.341 e. The fraction of sp³-hybridized carbons (Fsp3) is 0.556. The van der Waals surface area contributed by atoms with Crippen LogP contribution < -0.4 is 5.32 Å². The summed E-state index contributed by atoms with van der Waals surface area (Å²) in [7, 11) is 3.50. The van der Waals surface area contributed by atoms with Crippen LogP contribution in [0, 0.1) is 31.6 Å². The van der Waals surface area contributed by atoms with E-state index in [0.29, 0.717) is 17.1 Å². The van der Waals surface area contributed by atoms with Gasteiger partial charge in [-0.15, -0.1) is 11.3 Å². The van der Waals surface area contributed by atoms with Crippen molar-refractivity contribution in [3.8, 4) is 11.1 Å². The number of hydrogen-bond donors (Lipinski definition) is 1. The average molecular weight is 467 g/mol. The molecule has 1 aromatic heterocycles. The van der Waals surface area contributed by atoms with Gasteiger partial charge in [-0.1, -0.05) is 23.8 Å². The number of carbonyl (C=O) groups excluding carboxylic acids is 2. The molecule has 1 aromatic carbocycles. The quantitative estimate of drug-likeness (QED) is 0.558. The molecule has 6 heteroatoms. The number of anilines is 1. The van der Waals surface area contributed by atoms with Crippen LogP contribution in [0.2, 0.25) is 0 Å². The van der Waals surface area contributed by atoms with Crippen molar-refractivity contribution >= 4 is 28.2 Å². The number of hydrogen-bond acceptors (Lipinski definition) is 5. The first-order valence-electron chi connectivity index (χ1n) is 12.1. The molecule has 6 rings (SSSR count). The zero-order valence-corrected chi connectivity index (χ0v) is 20.9. The molecule has 33 heavy (non-hydrogen) atoms. The van der Waals surface area contributed by atoms with Crippen molar-refractivity contribution in [3.05, 3.63) is 40.3 Å². The molecule has 4 aliphatic carbocycles. The van der Waals surface area contributed by atoms with Crippen LogP contribution in [0.5, 0.6) is 0 Å². The van der Waals surface area contributed by atoms with Crippen molar-refractivity contribution < 1.29 is 14.3 Å². The molecule has 0 radical (unpaired) electrons. The van der Waals surface area contributed by atoms with Crippen molar-refractivity contribution in [2.75, 3.05) is 26.0 Å². The highest BCUT2D eigenvalue weighted by atomic mass is 32.1. The Morgan fingerprint density at radius 3 is 2.33 bits per heavy atom. The minimum absolute atomic E-state index is 0.0623. The van der Waals surface area contributed by atoms with E-state index < -0.39 is 5.97 Å². The van der Waals surface area contributed by atoms with Gasteiger partial charge in [0, 0.05) is 16.5 Å². The number of ether oxygens (including phenoxy) is 1. The van der Waals surface area contributed by atoms with E-state index in [4.69, 9.17) is 4.74 Å². The Morgan fingerprint density at radius 2 is 1.73 bits per heavy atom. The molecule has 5 nitrogen and oxygen atoms in total. The number of nitrogens with zero attached hydrogens (tertiary/aromatic N) is 1. The van der Waals surface area contributed by atoms with E-state index in [9.17, 15) is 9.59 Å². The first-order chi connectivity index (χ1) is 15.8. The summed E-state index contributed by atoms with van der Waals surface area (Å²) in [4.78, 5) is 28.2. The average Bonchev–Trinajstić information content (AvgIpc) is 3.17. The number of thiophene rings is 1. The Balaban J connectivity index is 1.36. The van der Waals surface area contributed by atoms with Crippen LogP contribution in [-0.4, -0.2) is 43.0 Å².